The molecule has 0 bridgehead atoms. The van der Waals surface area contributed by atoms with Crippen LogP contribution in [-0.4, -0.2) is 21.6 Å². The van der Waals surface area contributed by atoms with Crippen LogP contribution in [0, 0.1) is 13.8 Å². The molecule has 1 aromatic carbocycles. The van der Waals surface area contributed by atoms with Gasteiger partial charge in [0.05, 0.1) is 5.75 Å². The number of hydrogen-bond donors (Lipinski definition) is 1. The molecular weight excluding hydrogens is 326 g/mol. The number of rotatable bonds is 4. The quantitative estimate of drug-likeness (QED) is 0.446. The van der Waals surface area contributed by atoms with Crippen molar-refractivity contribution in [3.05, 3.63) is 58.2 Å². The first-order valence-electron chi connectivity index (χ1n) is 7.28. The lowest BCUT2D eigenvalue weighted by Crippen LogP contribution is -2.14. The number of hydrogen-bond acceptors (Lipinski definition) is 6. The third kappa shape index (κ3) is 3.99. The molecular formula is C17H15N3O3S. The van der Waals surface area contributed by atoms with Gasteiger partial charge in [-0.15, -0.1) is 0 Å². The normalized spacial score (nSPS) is 10.8. The monoisotopic (exact) mass is 341 g/mol. The Bertz CT molecular complexity index is 948. The zero-order valence-electron chi connectivity index (χ0n) is 13.2. The fourth-order valence-electron chi connectivity index (χ4n) is 2.23. The Labute approximate surface area is 142 Å². The van der Waals surface area contributed by atoms with Gasteiger partial charge in [-0.3, -0.25) is 4.79 Å². The average Bonchev–Trinajstić information content (AvgIpc) is 2.52. The molecule has 0 saturated heterocycles. The number of amides is 1. The van der Waals surface area contributed by atoms with Crippen LogP contribution in [0.4, 0.5) is 5.69 Å². The fourth-order valence-corrected chi connectivity index (χ4v) is 2.98. The van der Waals surface area contributed by atoms with Crippen molar-refractivity contribution in [1.82, 2.24) is 9.97 Å². The second-order valence-electron chi connectivity index (χ2n) is 5.28. The SMILES string of the molecule is Cc1cc(C)nc(SCC(=O)Nc2ccc3oc(=O)ccc3c2)n1. The molecule has 0 aliphatic rings. The number of nitrogens with one attached hydrogen (secondary N) is 1. The van der Waals surface area contributed by atoms with Gasteiger partial charge in [0.25, 0.3) is 0 Å². The van der Waals surface area contributed by atoms with Crippen LogP contribution in [0.2, 0.25) is 0 Å². The van der Waals surface area contributed by atoms with Crippen molar-refractivity contribution >= 4 is 34.3 Å². The summed E-state index contributed by atoms with van der Waals surface area (Å²) in [5, 5.41) is 4.15. The van der Waals surface area contributed by atoms with Crippen LogP contribution in [0.15, 0.2) is 50.8 Å². The second-order valence-corrected chi connectivity index (χ2v) is 6.22. The van der Waals surface area contributed by atoms with E-state index in [0.29, 0.717) is 16.4 Å². The lowest BCUT2D eigenvalue weighted by Gasteiger charge is -2.06. The van der Waals surface area contributed by atoms with E-state index in [-0.39, 0.29) is 11.7 Å². The summed E-state index contributed by atoms with van der Waals surface area (Å²) in [6.45, 7) is 3.79. The van der Waals surface area contributed by atoms with E-state index in [4.69, 9.17) is 4.42 Å². The number of anilines is 1. The number of carbonyl (C=O) groups is 1. The van der Waals surface area contributed by atoms with Gasteiger partial charge in [0.1, 0.15) is 5.58 Å². The van der Waals surface area contributed by atoms with E-state index < -0.39 is 5.63 Å². The first-order chi connectivity index (χ1) is 11.5. The molecule has 0 spiro atoms. The van der Waals surface area contributed by atoms with E-state index in [9.17, 15) is 9.59 Å². The van der Waals surface area contributed by atoms with E-state index in [0.717, 1.165) is 16.8 Å². The van der Waals surface area contributed by atoms with Gasteiger partial charge in [-0.25, -0.2) is 14.8 Å². The Morgan fingerprint density at radius 3 is 2.62 bits per heavy atom. The smallest absolute Gasteiger partial charge is 0.336 e. The third-order valence-corrected chi connectivity index (χ3v) is 4.04. The molecule has 2 heterocycles. The molecule has 0 atom stereocenters. The maximum absolute atomic E-state index is 12.1. The van der Waals surface area contributed by atoms with Gasteiger partial charge in [0, 0.05) is 28.5 Å². The van der Waals surface area contributed by atoms with E-state index in [1.807, 2.05) is 19.9 Å². The summed E-state index contributed by atoms with van der Waals surface area (Å²) < 4.78 is 5.06. The molecule has 24 heavy (non-hydrogen) atoms. The molecule has 0 radical (unpaired) electrons. The molecule has 1 amide bonds. The maximum atomic E-state index is 12.1. The van der Waals surface area contributed by atoms with E-state index in [1.54, 1.807) is 24.3 Å². The molecule has 3 rings (SSSR count). The molecule has 0 aliphatic carbocycles. The second kappa shape index (κ2) is 6.84. The molecule has 0 fully saturated rings. The molecule has 0 saturated carbocycles. The van der Waals surface area contributed by atoms with Gasteiger partial charge in [0.15, 0.2) is 5.16 Å². The number of aromatic nitrogens is 2. The Kier molecular flexibility index (Phi) is 4.61. The molecule has 6 nitrogen and oxygen atoms in total. The molecule has 2 aromatic heterocycles. The zero-order valence-corrected chi connectivity index (χ0v) is 14.0. The maximum Gasteiger partial charge on any atom is 0.336 e. The minimum absolute atomic E-state index is 0.153. The van der Waals surface area contributed by atoms with Crippen LogP contribution in [-0.2, 0) is 4.79 Å². The van der Waals surface area contributed by atoms with Crippen molar-refractivity contribution in [2.75, 3.05) is 11.1 Å². The zero-order chi connectivity index (χ0) is 17.1. The van der Waals surface area contributed by atoms with Crippen molar-refractivity contribution in [3.63, 3.8) is 0 Å². The predicted octanol–water partition coefficient (Wildman–Crippen LogP) is 2.93. The van der Waals surface area contributed by atoms with Gasteiger partial charge in [-0.05, 0) is 44.2 Å². The number of benzene rings is 1. The van der Waals surface area contributed by atoms with Crippen LogP contribution in [0.5, 0.6) is 0 Å². The van der Waals surface area contributed by atoms with Crippen LogP contribution >= 0.6 is 11.8 Å². The lowest BCUT2D eigenvalue weighted by molar-refractivity contribution is -0.113. The van der Waals surface area contributed by atoms with Gasteiger partial charge < -0.3 is 9.73 Å². The van der Waals surface area contributed by atoms with E-state index in [2.05, 4.69) is 15.3 Å². The third-order valence-electron chi connectivity index (χ3n) is 3.20. The lowest BCUT2D eigenvalue weighted by atomic mass is 10.2. The Hall–Kier alpha value is -2.67. The summed E-state index contributed by atoms with van der Waals surface area (Å²) in [7, 11) is 0. The van der Waals surface area contributed by atoms with Crippen molar-refractivity contribution in [2.24, 2.45) is 0 Å². The largest absolute Gasteiger partial charge is 0.423 e. The summed E-state index contributed by atoms with van der Waals surface area (Å²) in [5.41, 5.74) is 2.48. The first kappa shape index (κ1) is 16.2. The predicted molar refractivity (Wildman–Crippen MR) is 93.3 cm³/mol. The standard InChI is InChI=1S/C17H15N3O3S/c1-10-7-11(2)19-17(18-10)24-9-15(21)20-13-4-5-14-12(8-13)3-6-16(22)23-14/h3-8H,9H2,1-2H3,(H,20,21). The Balaban J connectivity index is 1.66. The molecule has 122 valence electrons. The van der Waals surface area contributed by atoms with Crippen molar-refractivity contribution in [2.45, 2.75) is 19.0 Å². The summed E-state index contributed by atoms with van der Waals surface area (Å²) in [5.74, 6) is 0.0599. The number of aryl methyl sites for hydroxylation is 2. The van der Waals surface area contributed by atoms with Crippen molar-refractivity contribution < 1.29 is 9.21 Å². The van der Waals surface area contributed by atoms with E-state index in [1.165, 1.54) is 17.8 Å². The summed E-state index contributed by atoms with van der Waals surface area (Å²) in [6, 6.07) is 10.0. The fraction of sp³-hybridized carbons (Fsp3) is 0.176. The van der Waals surface area contributed by atoms with E-state index >= 15 is 0 Å². The number of fused-ring (bicyclic) bond motifs is 1. The average molecular weight is 341 g/mol. The minimum atomic E-state index is -0.399. The summed E-state index contributed by atoms with van der Waals surface area (Å²) in [4.78, 5) is 31.8. The van der Waals surface area contributed by atoms with Crippen molar-refractivity contribution in [1.29, 1.82) is 0 Å². The minimum Gasteiger partial charge on any atom is -0.423 e. The number of carbonyl (C=O) groups excluding carboxylic acids is 1. The highest BCUT2D eigenvalue weighted by Crippen LogP contribution is 2.19. The van der Waals surface area contributed by atoms with Crippen LogP contribution < -0.4 is 10.9 Å². The number of nitrogens with zero attached hydrogens (tertiary/aromatic N) is 2. The molecule has 3 aromatic rings. The Morgan fingerprint density at radius 2 is 1.88 bits per heavy atom. The van der Waals surface area contributed by atoms with Gasteiger partial charge >= 0.3 is 5.63 Å². The van der Waals surface area contributed by atoms with Crippen molar-refractivity contribution in [3.8, 4) is 0 Å². The van der Waals surface area contributed by atoms with Crippen LogP contribution in [0.1, 0.15) is 11.4 Å². The molecule has 0 unspecified atom stereocenters. The molecule has 1 N–H and O–H groups in total. The molecule has 0 aliphatic heterocycles. The first-order valence-corrected chi connectivity index (χ1v) is 8.27. The van der Waals surface area contributed by atoms with Gasteiger partial charge in [0.2, 0.25) is 5.91 Å². The van der Waals surface area contributed by atoms with Crippen LogP contribution in [0.3, 0.4) is 0 Å². The Morgan fingerprint density at radius 1 is 1.12 bits per heavy atom. The van der Waals surface area contributed by atoms with Crippen LogP contribution in [0.25, 0.3) is 11.0 Å². The van der Waals surface area contributed by atoms with Gasteiger partial charge in [-0.1, -0.05) is 11.8 Å². The summed E-state index contributed by atoms with van der Waals surface area (Å²) >= 11 is 1.29. The molecule has 7 heteroatoms. The summed E-state index contributed by atoms with van der Waals surface area (Å²) in [6.07, 6.45) is 0. The highest BCUT2D eigenvalue weighted by atomic mass is 32.2. The highest BCUT2D eigenvalue weighted by Gasteiger charge is 2.07. The highest BCUT2D eigenvalue weighted by molar-refractivity contribution is 7.99. The number of thioether (sulfide) groups is 1. The topological polar surface area (TPSA) is 85.1 Å². The van der Waals surface area contributed by atoms with Gasteiger partial charge in [-0.2, -0.15) is 0 Å².